The van der Waals surface area contributed by atoms with Crippen molar-refractivity contribution < 1.29 is 4.79 Å². The van der Waals surface area contributed by atoms with Crippen LogP contribution in [0, 0.1) is 6.92 Å². The zero-order valence-corrected chi connectivity index (χ0v) is 9.92. The van der Waals surface area contributed by atoms with Gasteiger partial charge in [0.05, 0.1) is 6.54 Å². The molecule has 1 amide bonds. The number of aryl methyl sites for hydroxylation is 1. The molecule has 1 aromatic heterocycles. The van der Waals surface area contributed by atoms with Gasteiger partial charge in [0.25, 0.3) is 0 Å². The van der Waals surface area contributed by atoms with Crippen LogP contribution >= 0.6 is 0 Å². The minimum absolute atomic E-state index is 0.0321. The SMILES string of the molecule is CCCNCC(=O)NCc1ccncc1C. The van der Waals surface area contributed by atoms with E-state index in [2.05, 4.69) is 22.5 Å². The topological polar surface area (TPSA) is 54.0 Å². The van der Waals surface area contributed by atoms with Crippen LogP contribution in [0.25, 0.3) is 0 Å². The summed E-state index contributed by atoms with van der Waals surface area (Å²) in [5, 5.41) is 5.93. The van der Waals surface area contributed by atoms with E-state index in [4.69, 9.17) is 0 Å². The minimum Gasteiger partial charge on any atom is -0.351 e. The molecule has 0 aliphatic heterocycles. The Morgan fingerprint density at radius 1 is 1.50 bits per heavy atom. The highest BCUT2D eigenvalue weighted by molar-refractivity contribution is 5.77. The van der Waals surface area contributed by atoms with Gasteiger partial charge in [0.2, 0.25) is 5.91 Å². The van der Waals surface area contributed by atoms with E-state index in [1.54, 1.807) is 12.4 Å². The second-order valence-corrected chi connectivity index (χ2v) is 3.76. The number of rotatable bonds is 6. The summed E-state index contributed by atoms with van der Waals surface area (Å²) in [7, 11) is 0. The first-order chi connectivity index (χ1) is 7.74. The van der Waals surface area contributed by atoms with Crippen molar-refractivity contribution >= 4 is 5.91 Å². The number of nitrogens with zero attached hydrogens (tertiary/aromatic N) is 1. The summed E-state index contributed by atoms with van der Waals surface area (Å²) < 4.78 is 0. The lowest BCUT2D eigenvalue weighted by molar-refractivity contribution is -0.120. The first kappa shape index (κ1) is 12.6. The van der Waals surface area contributed by atoms with Crippen LogP contribution in [0.1, 0.15) is 24.5 Å². The Kier molecular flexibility index (Phi) is 5.50. The number of aromatic nitrogens is 1. The molecule has 1 heterocycles. The average molecular weight is 221 g/mol. The molecule has 4 nitrogen and oxygen atoms in total. The number of hydrogen-bond acceptors (Lipinski definition) is 3. The first-order valence-electron chi connectivity index (χ1n) is 5.61. The van der Waals surface area contributed by atoms with Crippen molar-refractivity contribution in [3.05, 3.63) is 29.6 Å². The van der Waals surface area contributed by atoms with Crippen LogP contribution in [-0.4, -0.2) is 24.0 Å². The predicted molar refractivity (Wildman–Crippen MR) is 64.0 cm³/mol. The van der Waals surface area contributed by atoms with Crippen molar-refractivity contribution in [2.75, 3.05) is 13.1 Å². The number of hydrogen-bond donors (Lipinski definition) is 2. The smallest absolute Gasteiger partial charge is 0.234 e. The van der Waals surface area contributed by atoms with Gasteiger partial charge < -0.3 is 10.6 Å². The molecule has 0 aliphatic carbocycles. The fraction of sp³-hybridized carbons (Fsp3) is 0.500. The lowest BCUT2D eigenvalue weighted by atomic mass is 10.1. The summed E-state index contributed by atoms with van der Waals surface area (Å²) in [6.07, 6.45) is 4.58. The van der Waals surface area contributed by atoms with E-state index in [1.165, 1.54) is 0 Å². The standard InChI is InChI=1S/C12H19N3O/c1-3-5-13-9-12(16)15-8-11-4-6-14-7-10(11)2/h4,6-7,13H,3,5,8-9H2,1-2H3,(H,15,16). The fourth-order valence-corrected chi connectivity index (χ4v) is 1.34. The molecule has 4 heteroatoms. The van der Waals surface area contributed by atoms with Gasteiger partial charge in [0, 0.05) is 18.9 Å². The third-order valence-electron chi connectivity index (χ3n) is 2.32. The van der Waals surface area contributed by atoms with E-state index in [0.717, 1.165) is 24.1 Å². The molecule has 1 aromatic rings. The zero-order valence-electron chi connectivity index (χ0n) is 9.92. The molecule has 0 spiro atoms. The molecule has 1 rings (SSSR count). The Morgan fingerprint density at radius 3 is 3.00 bits per heavy atom. The highest BCUT2D eigenvalue weighted by atomic mass is 16.1. The second-order valence-electron chi connectivity index (χ2n) is 3.76. The Labute approximate surface area is 96.5 Å². The van der Waals surface area contributed by atoms with Crippen molar-refractivity contribution in [2.24, 2.45) is 0 Å². The van der Waals surface area contributed by atoms with Gasteiger partial charge in [-0.1, -0.05) is 6.92 Å². The van der Waals surface area contributed by atoms with Crippen molar-refractivity contribution in [3.8, 4) is 0 Å². The third-order valence-corrected chi connectivity index (χ3v) is 2.32. The average Bonchev–Trinajstić information content (AvgIpc) is 2.28. The Bertz CT molecular complexity index is 339. The molecule has 2 N–H and O–H groups in total. The van der Waals surface area contributed by atoms with Gasteiger partial charge in [-0.25, -0.2) is 0 Å². The minimum atomic E-state index is 0.0321. The van der Waals surface area contributed by atoms with Gasteiger partial charge in [-0.15, -0.1) is 0 Å². The van der Waals surface area contributed by atoms with E-state index in [1.807, 2.05) is 13.0 Å². The van der Waals surface area contributed by atoms with Crippen molar-refractivity contribution in [1.82, 2.24) is 15.6 Å². The van der Waals surface area contributed by atoms with Gasteiger partial charge >= 0.3 is 0 Å². The lowest BCUT2D eigenvalue weighted by Crippen LogP contribution is -2.33. The number of amides is 1. The second kappa shape index (κ2) is 6.95. The Morgan fingerprint density at radius 2 is 2.31 bits per heavy atom. The Balaban J connectivity index is 2.29. The van der Waals surface area contributed by atoms with E-state index in [9.17, 15) is 4.79 Å². The molecule has 0 fully saturated rings. The van der Waals surface area contributed by atoms with Gasteiger partial charge in [-0.05, 0) is 37.1 Å². The number of nitrogens with one attached hydrogen (secondary N) is 2. The van der Waals surface area contributed by atoms with Gasteiger partial charge in [0.15, 0.2) is 0 Å². The molecule has 0 bridgehead atoms. The molecule has 0 atom stereocenters. The highest BCUT2D eigenvalue weighted by Gasteiger charge is 2.01. The molecule has 0 saturated carbocycles. The summed E-state index contributed by atoms with van der Waals surface area (Å²) >= 11 is 0. The zero-order chi connectivity index (χ0) is 11.8. The van der Waals surface area contributed by atoms with Crippen LogP contribution in [0.3, 0.4) is 0 Å². The van der Waals surface area contributed by atoms with Gasteiger partial charge in [-0.2, -0.15) is 0 Å². The van der Waals surface area contributed by atoms with Gasteiger partial charge in [-0.3, -0.25) is 9.78 Å². The maximum absolute atomic E-state index is 11.4. The monoisotopic (exact) mass is 221 g/mol. The summed E-state index contributed by atoms with van der Waals surface area (Å²) in [4.78, 5) is 15.4. The van der Waals surface area contributed by atoms with Crippen LogP contribution in [0.4, 0.5) is 0 Å². The number of carbonyl (C=O) groups excluding carboxylic acids is 1. The van der Waals surface area contributed by atoms with E-state index in [0.29, 0.717) is 13.1 Å². The molecular formula is C12H19N3O. The summed E-state index contributed by atoms with van der Waals surface area (Å²) in [6.45, 7) is 5.90. The largest absolute Gasteiger partial charge is 0.351 e. The molecule has 0 radical (unpaired) electrons. The lowest BCUT2D eigenvalue weighted by Gasteiger charge is -2.07. The maximum atomic E-state index is 11.4. The molecule has 0 saturated heterocycles. The van der Waals surface area contributed by atoms with E-state index < -0.39 is 0 Å². The van der Waals surface area contributed by atoms with Crippen LogP contribution in [0.2, 0.25) is 0 Å². The van der Waals surface area contributed by atoms with Crippen LogP contribution in [0.5, 0.6) is 0 Å². The first-order valence-corrected chi connectivity index (χ1v) is 5.61. The molecule has 0 aliphatic rings. The predicted octanol–water partition coefficient (Wildman–Crippen LogP) is 1.01. The fourth-order valence-electron chi connectivity index (χ4n) is 1.34. The highest BCUT2D eigenvalue weighted by Crippen LogP contribution is 2.03. The normalized spacial score (nSPS) is 10.1. The van der Waals surface area contributed by atoms with Crippen molar-refractivity contribution in [3.63, 3.8) is 0 Å². The Hall–Kier alpha value is -1.42. The van der Waals surface area contributed by atoms with Crippen LogP contribution in [-0.2, 0) is 11.3 Å². The third kappa shape index (κ3) is 4.40. The maximum Gasteiger partial charge on any atom is 0.234 e. The molecule has 0 aromatic carbocycles. The van der Waals surface area contributed by atoms with Gasteiger partial charge in [0.1, 0.15) is 0 Å². The summed E-state index contributed by atoms with van der Waals surface area (Å²) in [5.74, 6) is 0.0321. The number of carbonyl (C=O) groups is 1. The van der Waals surface area contributed by atoms with Crippen molar-refractivity contribution in [1.29, 1.82) is 0 Å². The molecule has 16 heavy (non-hydrogen) atoms. The molecule has 0 unspecified atom stereocenters. The van der Waals surface area contributed by atoms with Crippen molar-refractivity contribution in [2.45, 2.75) is 26.8 Å². The summed E-state index contributed by atoms with van der Waals surface area (Å²) in [6, 6.07) is 1.93. The van der Waals surface area contributed by atoms with Crippen LogP contribution in [0.15, 0.2) is 18.5 Å². The van der Waals surface area contributed by atoms with E-state index in [-0.39, 0.29) is 5.91 Å². The molecular weight excluding hydrogens is 202 g/mol. The summed E-state index contributed by atoms with van der Waals surface area (Å²) in [5.41, 5.74) is 2.21. The van der Waals surface area contributed by atoms with Crippen LogP contribution < -0.4 is 10.6 Å². The quantitative estimate of drug-likeness (QED) is 0.705. The number of pyridine rings is 1. The molecule has 88 valence electrons. The van der Waals surface area contributed by atoms with E-state index >= 15 is 0 Å².